The average molecular weight is 273 g/mol. The van der Waals surface area contributed by atoms with Crippen molar-refractivity contribution in [2.45, 2.75) is 64.0 Å². The van der Waals surface area contributed by atoms with Crippen LogP contribution in [0, 0.1) is 5.92 Å². The zero-order valence-electron chi connectivity index (χ0n) is 12.5. The van der Waals surface area contributed by atoms with Crippen molar-refractivity contribution in [3.05, 3.63) is 0 Å². The van der Waals surface area contributed by atoms with Crippen molar-refractivity contribution in [2.75, 3.05) is 25.6 Å². The number of likely N-dealkylation sites (N-methyl/N-ethyl adjacent to an activating group) is 1. The van der Waals surface area contributed by atoms with Gasteiger partial charge in [-0.05, 0) is 38.5 Å². The molecule has 3 heteroatoms. The van der Waals surface area contributed by atoms with Gasteiger partial charge in [0.1, 0.15) is 0 Å². The molecule has 0 aromatic heterocycles. The summed E-state index contributed by atoms with van der Waals surface area (Å²) >= 11 is 1.96. The Bertz CT molecular complexity index is 203. The summed E-state index contributed by atoms with van der Waals surface area (Å²) in [6, 6.07) is 1.29. The average Bonchev–Trinajstić information content (AvgIpc) is 2.65. The van der Waals surface area contributed by atoms with Crippen LogP contribution >= 0.6 is 11.8 Å². The van der Waals surface area contributed by atoms with Crippen molar-refractivity contribution >= 4 is 11.8 Å². The highest BCUT2D eigenvalue weighted by Gasteiger charge is 2.28. The van der Waals surface area contributed by atoms with Gasteiger partial charge in [-0.1, -0.05) is 32.6 Å². The van der Waals surface area contributed by atoms with Crippen LogP contribution in [0.3, 0.4) is 0 Å². The second kappa shape index (κ2) is 9.22. The van der Waals surface area contributed by atoms with Gasteiger partial charge < -0.3 is 5.73 Å². The molecule has 1 aliphatic rings. The summed E-state index contributed by atoms with van der Waals surface area (Å²) in [4.78, 5) is 2.59. The first kappa shape index (κ1) is 16.3. The van der Waals surface area contributed by atoms with Gasteiger partial charge in [-0.25, -0.2) is 0 Å². The van der Waals surface area contributed by atoms with Gasteiger partial charge in [-0.15, -0.1) is 0 Å². The molecule has 1 saturated carbocycles. The molecule has 1 aliphatic carbocycles. The van der Waals surface area contributed by atoms with E-state index < -0.39 is 0 Å². The van der Waals surface area contributed by atoms with Crippen LogP contribution < -0.4 is 5.73 Å². The fourth-order valence-corrected chi connectivity index (χ4v) is 4.23. The van der Waals surface area contributed by atoms with Crippen molar-refractivity contribution in [2.24, 2.45) is 11.7 Å². The van der Waals surface area contributed by atoms with Crippen molar-refractivity contribution in [3.63, 3.8) is 0 Å². The van der Waals surface area contributed by atoms with Gasteiger partial charge in [0.05, 0.1) is 0 Å². The van der Waals surface area contributed by atoms with Gasteiger partial charge in [0.15, 0.2) is 0 Å². The Morgan fingerprint density at radius 2 is 1.83 bits per heavy atom. The lowest BCUT2D eigenvalue weighted by Crippen LogP contribution is -2.49. The number of nitrogens with zero attached hydrogens (tertiary/aromatic N) is 1. The van der Waals surface area contributed by atoms with E-state index in [4.69, 9.17) is 5.73 Å². The van der Waals surface area contributed by atoms with E-state index in [1.54, 1.807) is 0 Å². The molecule has 18 heavy (non-hydrogen) atoms. The molecular weight excluding hydrogens is 240 g/mol. The maximum Gasteiger partial charge on any atom is 0.0246 e. The van der Waals surface area contributed by atoms with E-state index in [2.05, 4.69) is 25.1 Å². The van der Waals surface area contributed by atoms with Gasteiger partial charge in [0, 0.05) is 24.4 Å². The first-order chi connectivity index (χ1) is 8.74. The van der Waals surface area contributed by atoms with Crippen LogP contribution in [0.15, 0.2) is 0 Å². The maximum atomic E-state index is 6.10. The summed E-state index contributed by atoms with van der Waals surface area (Å²) in [7, 11) is 2.30. The minimum absolute atomic E-state index is 0.597. The van der Waals surface area contributed by atoms with Crippen molar-refractivity contribution in [1.29, 1.82) is 0 Å². The molecule has 2 atom stereocenters. The molecule has 2 N–H and O–H groups in total. The van der Waals surface area contributed by atoms with E-state index >= 15 is 0 Å². The fraction of sp³-hybridized carbons (Fsp3) is 1.00. The Balaban J connectivity index is 2.61. The fourth-order valence-electron chi connectivity index (χ4n) is 3.37. The largest absolute Gasteiger partial charge is 0.329 e. The SMILES string of the molecule is CCC(CSC)N(C)C(CN)C1CCCCCC1. The molecule has 0 aliphatic heterocycles. The highest BCUT2D eigenvalue weighted by atomic mass is 32.2. The summed E-state index contributed by atoms with van der Waals surface area (Å²) in [6.07, 6.45) is 11.9. The van der Waals surface area contributed by atoms with Crippen LogP contribution in [-0.2, 0) is 0 Å². The number of hydrogen-bond donors (Lipinski definition) is 1. The predicted molar refractivity (Wildman–Crippen MR) is 84.3 cm³/mol. The second-order valence-corrected chi connectivity index (χ2v) is 6.65. The van der Waals surface area contributed by atoms with Crippen LogP contribution in [-0.4, -0.2) is 42.6 Å². The maximum absolute atomic E-state index is 6.10. The quantitative estimate of drug-likeness (QED) is 0.721. The molecule has 0 aromatic rings. The minimum Gasteiger partial charge on any atom is -0.329 e. The Hall–Kier alpha value is 0.270. The predicted octanol–water partition coefficient (Wildman–Crippen LogP) is 3.36. The molecular formula is C15H32N2S. The van der Waals surface area contributed by atoms with Gasteiger partial charge in [-0.2, -0.15) is 11.8 Å². The topological polar surface area (TPSA) is 29.3 Å². The van der Waals surface area contributed by atoms with Crippen molar-refractivity contribution in [1.82, 2.24) is 4.90 Å². The van der Waals surface area contributed by atoms with E-state index in [1.807, 2.05) is 11.8 Å². The zero-order chi connectivity index (χ0) is 13.4. The summed E-state index contributed by atoms with van der Waals surface area (Å²) < 4.78 is 0. The van der Waals surface area contributed by atoms with E-state index in [0.29, 0.717) is 12.1 Å². The van der Waals surface area contributed by atoms with Gasteiger partial charge in [-0.3, -0.25) is 4.90 Å². The minimum atomic E-state index is 0.597. The lowest BCUT2D eigenvalue weighted by molar-refractivity contribution is 0.126. The molecule has 1 fully saturated rings. The Kier molecular flexibility index (Phi) is 8.36. The van der Waals surface area contributed by atoms with Gasteiger partial charge in [0.2, 0.25) is 0 Å². The first-order valence-corrected chi connectivity index (χ1v) is 9.04. The molecule has 108 valence electrons. The van der Waals surface area contributed by atoms with E-state index in [9.17, 15) is 0 Å². The van der Waals surface area contributed by atoms with Gasteiger partial charge >= 0.3 is 0 Å². The van der Waals surface area contributed by atoms with Crippen LogP contribution in [0.5, 0.6) is 0 Å². The van der Waals surface area contributed by atoms with E-state index in [1.165, 1.54) is 50.7 Å². The summed E-state index contributed by atoms with van der Waals surface area (Å²) in [5.74, 6) is 2.06. The number of rotatable bonds is 7. The molecule has 0 saturated heterocycles. The highest BCUT2D eigenvalue weighted by molar-refractivity contribution is 7.98. The third-order valence-electron chi connectivity index (χ3n) is 4.61. The van der Waals surface area contributed by atoms with Crippen LogP contribution in [0.25, 0.3) is 0 Å². The summed E-state index contributed by atoms with van der Waals surface area (Å²) in [5.41, 5.74) is 6.10. The first-order valence-electron chi connectivity index (χ1n) is 7.65. The standard InChI is InChI=1S/C15H32N2S/c1-4-14(12-18-3)17(2)15(11-16)13-9-7-5-6-8-10-13/h13-15H,4-12,16H2,1-3H3. The number of nitrogens with two attached hydrogens (primary N) is 1. The molecule has 0 spiro atoms. The normalized spacial score (nSPS) is 21.8. The second-order valence-electron chi connectivity index (χ2n) is 5.74. The van der Waals surface area contributed by atoms with Crippen molar-refractivity contribution in [3.8, 4) is 0 Å². The molecule has 0 radical (unpaired) electrons. The lowest BCUT2D eigenvalue weighted by atomic mass is 9.90. The monoisotopic (exact) mass is 272 g/mol. The Morgan fingerprint density at radius 3 is 2.28 bits per heavy atom. The third kappa shape index (κ3) is 4.75. The molecule has 2 nitrogen and oxygen atoms in total. The Labute approximate surface area is 118 Å². The van der Waals surface area contributed by atoms with Crippen LogP contribution in [0.1, 0.15) is 51.9 Å². The summed E-state index contributed by atoms with van der Waals surface area (Å²) in [5, 5.41) is 0. The zero-order valence-corrected chi connectivity index (χ0v) is 13.3. The Morgan fingerprint density at radius 1 is 1.22 bits per heavy atom. The molecule has 2 unspecified atom stereocenters. The van der Waals surface area contributed by atoms with Crippen LogP contribution in [0.4, 0.5) is 0 Å². The smallest absolute Gasteiger partial charge is 0.0246 e. The molecule has 1 rings (SSSR count). The van der Waals surface area contributed by atoms with E-state index in [-0.39, 0.29) is 0 Å². The molecule has 0 bridgehead atoms. The van der Waals surface area contributed by atoms with E-state index in [0.717, 1.165) is 12.5 Å². The molecule has 0 heterocycles. The van der Waals surface area contributed by atoms with Gasteiger partial charge in [0.25, 0.3) is 0 Å². The van der Waals surface area contributed by atoms with Crippen molar-refractivity contribution < 1.29 is 0 Å². The summed E-state index contributed by atoms with van der Waals surface area (Å²) in [6.45, 7) is 3.13. The highest BCUT2D eigenvalue weighted by Crippen LogP contribution is 2.28. The number of thioether (sulfide) groups is 1. The third-order valence-corrected chi connectivity index (χ3v) is 5.33. The lowest BCUT2D eigenvalue weighted by Gasteiger charge is -2.38. The molecule has 0 amide bonds. The number of hydrogen-bond acceptors (Lipinski definition) is 3. The van der Waals surface area contributed by atoms with Crippen LogP contribution in [0.2, 0.25) is 0 Å². The molecule has 0 aromatic carbocycles.